The van der Waals surface area contributed by atoms with Gasteiger partial charge in [-0.1, -0.05) is 0 Å². The number of pyridine rings is 1. The van der Waals surface area contributed by atoms with Crippen LogP contribution in [0.3, 0.4) is 0 Å². The quantitative estimate of drug-likeness (QED) is 0.676. The number of halogens is 1. The zero-order valence-corrected chi connectivity index (χ0v) is 6.07. The number of rotatable bonds is 2. The second-order valence-corrected chi connectivity index (χ2v) is 2.07. The number of hydrogen-bond donors (Lipinski definition) is 1. The summed E-state index contributed by atoms with van der Waals surface area (Å²) in [6.45, 7) is 0. The maximum Gasteiger partial charge on any atom is 0.328 e. The second-order valence-electron chi connectivity index (χ2n) is 2.07. The minimum atomic E-state index is -1.08. The van der Waals surface area contributed by atoms with Crippen LogP contribution in [0.4, 0.5) is 4.39 Å². The zero-order valence-electron chi connectivity index (χ0n) is 6.07. The Morgan fingerprint density at radius 2 is 2.42 bits per heavy atom. The van der Waals surface area contributed by atoms with Crippen molar-refractivity contribution in [2.45, 2.75) is 0 Å². The van der Waals surface area contributed by atoms with Crippen molar-refractivity contribution >= 4 is 12.0 Å². The molecule has 62 valence electrons. The van der Waals surface area contributed by atoms with E-state index in [0.717, 1.165) is 12.1 Å². The van der Waals surface area contributed by atoms with Gasteiger partial charge in [-0.25, -0.2) is 9.18 Å². The monoisotopic (exact) mass is 167 g/mol. The van der Waals surface area contributed by atoms with E-state index in [-0.39, 0.29) is 5.69 Å². The summed E-state index contributed by atoms with van der Waals surface area (Å²) in [5.74, 6) is -1.52. The first kappa shape index (κ1) is 8.39. The van der Waals surface area contributed by atoms with Crippen molar-refractivity contribution in [3.05, 3.63) is 35.9 Å². The summed E-state index contributed by atoms with van der Waals surface area (Å²) < 4.78 is 12.5. The zero-order chi connectivity index (χ0) is 8.97. The Balaban J connectivity index is 2.83. The lowest BCUT2D eigenvalue weighted by Gasteiger charge is -1.90. The minimum Gasteiger partial charge on any atom is -0.478 e. The second kappa shape index (κ2) is 3.61. The van der Waals surface area contributed by atoms with Gasteiger partial charge in [0.2, 0.25) is 0 Å². The summed E-state index contributed by atoms with van der Waals surface area (Å²) in [4.78, 5) is 13.8. The molecule has 12 heavy (non-hydrogen) atoms. The molecule has 0 atom stereocenters. The van der Waals surface area contributed by atoms with Gasteiger partial charge in [0.25, 0.3) is 0 Å². The number of aliphatic carboxylic acids is 1. The van der Waals surface area contributed by atoms with Crippen molar-refractivity contribution in [3.8, 4) is 0 Å². The fraction of sp³-hybridized carbons (Fsp3) is 0. The van der Waals surface area contributed by atoms with Crippen molar-refractivity contribution < 1.29 is 14.3 Å². The van der Waals surface area contributed by atoms with Gasteiger partial charge in [-0.15, -0.1) is 0 Å². The van der Waals surface area contributed by atoms with Crippen LogP contribution in [0.25, 0.3) is 6.08 Å². The summed E-state index contributed by atoms with van der Waals surface area (Å²) in [6.07, 6.45) is 3.41. The number of nitrogens with zero attached hydrogens (tertiary/aromatic N) is 1. The molecule has 0 amide bonds. The van der Waals surface area contributed by atoms with E-state index in [1.54, 1.807) is 0 Å². The topological polar surface area (TPSA) is 50.2 Å². The smallest absolute Gasteiger partial charge is 0.328 e. The van der Waals surface area contributed by atoms with E-state index in [1.165, 1.54) is 18.3 Å². The van der Waals surface area contributed by atoms with E-state index in [4.69, 9.17) is 5.11 Å². The molecule has 0 aliphatic carbocycles. The maximum absolute atomic E-state index is 12.5. The standard InChI is InChI=1S/C8H6FNO2/c9-6-3-4-10-7(5-6)1-2-8(11)12/h1-5H,(H,11,12)/b2-1+. The van der Waals surface area contributed by atoms with Crippen LogP contribution in [-0.2, 0) is 4.79 Å². The molecule has 1 rings (SSSR count). The highest BCUT2D eigenvalue weighted by atomic mass is 19.1. The van der Waals surface area contributed by atoms with E-state index >= 15 is 0 Å². The molecule has 0 radical (unpaired) electrons. The first-order valence-electron chi connectivity index (χ1n) is 3.21. The fourth-order valence-electron chi connectivity index (χ4n) is 0.669. The normalized spacial score (nSPS) is 10.4. The molecule has 0 aliphatic heterocycles. The van der Waals surface area contributed by atoms with Crippen LogP contribution in [0.1, 0.15) is 5.69 Å². The molecule has 1 aromatic heterocycles. The van der Waals surface area contributed by atoms with E-state index in [1.807, 2.05) is 0 Å². The van der Waals surface area contributed by atoms with E-state index in [9.17, 15) is 9.18 Å². The van der Waals surface area contributed by atoms with Gasteiger partial charge in [-0.2, -0.15) is 0 Å². The van der Waals surface area contributed by atoms with Crippen LogP contribution in [0.2, 0.25) is 0 Å². The number of carbonyl (C=O) groups is 1. The van der Waals surface area contributed by atoms with Gasteiger partial charge < -0.3 is 5.11 Å². The first-order chi connectivity index (χ1) is 5.68. The molecular weight excluding hydrogens is 161 g/mol. The van der Waals surface area contributed by atoms with Gasteiger partial charge in [0, 0.05) is 12.3 Å². The molecule has 0 saturated carbocycles. The third kappa shape index (κ3) is 2.49. The molecular formula is C8H6FNO2. The summed E-state index contributed by atoms with van der Waals surface area (Å²) in [6, 6.07) is 2.34. The predicted molar refractivity (Wildman–Crippen MR) is 40.9 cm³/mol. The Labute approximate surface area is 68.2 Å². The highest BCUT2D eigenvalue weighted by molar-refractivity contribution is 5.84. The van der Waals surface area contributed by atoms with Crippen LogP contribution in [0, 0.1) is 5.82 Å². The number of hydrogen-bond acceptors (Lipinski definition) is 2. The van der Waals surface area contributed by atoms with E-state index in [0.29, 0.717) is 0 Å². The third-order valence-electron chi connectivity index (χ3n) is 1.14. The molecule has 3 nitrogen and oxygen atoms in total. The summed E-state index contributed by atoms with van der Waals surface area (Å²) in [7, 11) is 0. The SMILES string of the molecule is O=C(O)/C=C/c1cc(F)ccn1. The average molecular weight is 167 g/mol. The van der Waals surface area contributed by atoms with Crippen LogP contribution in [0.15, 0.2) is 24.4 Å². The molecule has 4 heteroatoms. The van der Waals surface area contributed by atoms with Crippen molar-refractivity contribution in [1.82, 2.24) is 4.98 Å². The summed E-state index contributed by atoms with van der Waals surface area (Å²) >= 11 is 0. The predicted octanol–water partition coefficient (Wildman–Crippen LogP) is 1.32. The molecule has 0 aliphatic rings. The van der Waals surface area contributed by atoms with Crippen molar-refractivity contribution in [1.29, 1.82) is 0 Å². The van der Waals surface area contributed by atoms with Gasteiger partial charge >= 0.3 is 5.97 Å². The van der Waals surface area contributed by atoms with Crippen LogP contribution >= 0.6 is 0 Å². The Kier molecular flexibility index (Phi) is 2.53. The lowest BCUT2D eigenvalue weighted by Crippen LogP contribution is -1.87. The average Bonchev–Trinajstić information content (AvgIpc) is 2.01. The Morgan fingerprint density at radius 1 is 1.67 bits per heavy atom. The lowest BCUT2D eigenvalue weighted by molar-refractivity contribution is -0.131. The Bertz CT molecular complexity index is 323. The first-order valence-corrected chi connectivity index (χ1v) is 3.21. The van der Waals surface area contributed by atoms with Crippen LogP contribution in [0.5, 0.6) is 0 Å². The van der Waals surface area contributed by atoms with Crippen molar-refractivity contribution in [3.63, 3.8) is 0 Å². The third-order valence-corrected chi connectivity index (χ3v) is 1.14. The molecule has 0 unspecified atom stereocenters. The van der Waals surface area contributed by atoms with E-state index in [2.05, 4.69) is 4.98 Å². The largest absolute Gasteiger partial charge is 0.478 e. The van der Waals surface area contributed by atoms with Gasteiger partial charge in [-0.05, 0) is 18.2 Å². The molecule has 0 aromatic carbocycles. The van der Waals surface area contributed by atoms with Crippen LogP contribution in [-0.4, -0.2) is 16.1 Å². The summed E-state index contributed by atoms with van der Waals surface area (Å²) in [5, 5.41) is 8.24. The van der Waals surface area contributed by atoms with Gasteiger partial charge in [0.15, 0.2) is 0 Å². The van der Waals surface area contributed by atoms with Crippen molar-refractivity contribution in [2.75, 3.05) is 0 Å². The molecule has 1 N–H and O–H groups in total. The molecule has 0 saturated heterocycles. The van der Waals surface area contributed by atoms with Gasteiger partial charge in [0.1, 0.15) is 5.82 Å². The minimum absolute atomic E-state index is 0.289. The molecule has 1 aromatic rings. The summed E-state index contributed by atoms with van der Waals surface area (Å²) in [5.41, 5.74) is 0.289. The molecule has 1 heterocycles. The number of aromatic nitrogens is 1. The fourth-order valence-corrected chi connectivity index (χ4v) is 0.669. The highest BCUT2D eigenvalue weighted by Crippen LogP contribution is 2.00. The van der Waals surface area contributed by atoms with Gasteiger partial charge in [0.05, 0.1) is 5.69 Å². The highest BCUT2D eigenvalue weighted by Gasteiger charge is 1.92. The van der Waals surface area contributed by atoms with Crippen LogP contribution < -0.4 is 0 Å². The molecule has 0 fully saturated rings. The maximum atomic E-state index is 12.5. The Morgan fingerprint density at radius 3 is 3.00 bits per heavy atom. The van der Waals surface area contributed by atoms with E-state index < -0.39 is 11.8 Å². The lowest BCUT2D eigenvalue weighted by atomic mass is 10.3. The Hall–Kier alpha value is -1.71. The number of carboxylic acid groups (broad SMARTS) is 1. The molecule has 0 bridgehead atoms. The van der Waals surface area contributed by atoms with Crippen molar-refractivity contribution in [2.24, 2.45) is 0 Å². The number of carboxylic acids is 1. The van der Waals surface area contributed by atoms with Gasteiger partial charge in [-0.3, -0.25) is 4.98 Å². The molecule has 0 spiro atoms.